The maximum absolute atomic E-state index is 13.1. The largest absolute Gasteiger partial charge is 0.207 e. The number of nitriles is 1. The van der Waals surface area contributed by atoms with Gasteiger partial charge in [-0.25, -0.2) is 8.78 Å². The lowest BCUT2D eigenvalue weighted by Gasteiger charge is -2.03. The molecule has 0 heterocycles. The van der Waals surface area contributed by atoms with Gasteiger partial charge in [0.25, 0.3) is 0 Å². The Morgan fingerprint density at radius 1 is 1.43 bits per heavy atom. The zero-order chi connectivity index (χ0) is 10.7. The molecule has 0 saturated heterocycles. The second kappa shape index (κ2) is 4.21. The average molecular weight is 214 g/mol. The Morgan fingerprint density at radius 3 is 2.64 bits per heavy atom. The van der Waals surface area contributed by atoms with Crippen LogP contribution < -0.4 is 0 Å². The monoisotopic (exact) mass is 213 g/mol. The summed E-state index contributed by atoms with van der Waals surface area (Å²) >= 11 is 5.61. The lowest BCUT2D eigenvalue weighted by molar-refractivity contribution is 0.575. The summed E-state index contributed by atoms with van der Waals surface area (Å²) in [5, 5.41) is 8.27. The molecule has 0 bridgehead atoms. The number of hydrogen-bond donors (Lipinski definition) is 0. The summed E-state index contributed by atoms with van der Waals surface area (Å²) in [6, 6.07) is 3.69. The molecule has 1 aromatic rings. The lowest BCUT2D eigenvalue weighted by Crippen LogP contribution is -1.91. The van der Waals surface area contributed by atoms with Crippen LogP contribution in [0.25, 0.3) is 5.03 Å². The average Bonchev–Trinajstić information content (AvgIpc) is 2.11. The Balaban J connectivity index is 3.31. The number of nitrogens with zero attached hydrogens (tertiary/aromatic N) is 1. The highest BCUT2D eigenvalue weighted by molar-refractivity contribution is 6.49. The summed E-state index contributed by atoms with van der Waals surface area (Å²) in [4.78, 5) is 0. The first kappa shape index (κ1) is 10.7. The van der Waals surface area contributed by atoms with E-state index in [0.717, 1.165) is 12.1 Å². The first-order valence-corrected chi connectivity index (χ1v) is 4.15. The molecule has 0 radical (unpaired) electrons. The van der Waals surface area contributed by atoms with Crippen LogP contribution in [0.3, 0.4) is 0 Å². The molecule has 0 spiro atoms. The van der Waals surface area contributed by atoms with E-state index in [1.54, 1.807) is 6.07 Å². The molecule has 0 aliphatic rings. The summed E-state index contributed by atoms with van der Waals surface area (Å²) in [6.45, 7) is 1.49. The Hall–Kier alpha value is -1.40. The van der Waals surface area contributed by atoms with Gasteiger partial charge in [-0.2, -0.15) is 5.26 Å². The number of allylic oxidation sites excluding steroid dienone is 1. The second-order valence-corrected chi connectivity index (χ2v) is 3.11. The van der Waals surface area contributed by atoms with Gasteiger partial charge in [-0.1, -0.05) is 11.6 Å². The first-order chi connectivity index (χ1) is 6.56. The molecule has 0 saturated carbocycles. The van der Waals surface area contributed by atoms with Gasteiger partial charge >= 0.3 is 0 Å². The van der Waals surface area contributed by atoms with Crippen LogP contribution in [-0.4, -0.2) is 0 Å². The lowest BCUT2D eigenvalue weighted by atomic mass is 10.1. The molecule has 0 aromatic heterocycles. The summed E-state index contributed by atoms with van der Waals surface area (Å²) in [5.41, 5.74) is 0.318. The van der Waals surface area contributed by atoms with Crippen molar-refractivity contribution in [3.63, 3.8) is 0 Å². The third kappa shape index (κ3) is 2.09. The number of halogens is 3. The minimum atomic E-state index is -0.774. The van der Waals surface area contributed by atoms with Gasteiger partial charge in [0.15, 0.2) is 0 Å². The van der Waals surface area contributed by atoms with Gasteiger partial charge in [0.05, 0.1) is 11.1 Å². The van der Waals surface area contributed by atoms with Gasteiger partial charge in [-0.3, -0.25) is 0 Å². The van der Waals surface area contributed by atoms with Crippen molar-refractivity contribution in [1.29, 1.82) is 5.26 Å². The van der Waals surface area contributed by atoms with Crippen molar-refractivity contribution in [2.24, 2.45) is 0 Å². The topological polar surface area (TPSA) is 23.8 Å². The van der Waals surface area contributed by atoms with Crippen molar-refractivity contribution in [3.05, 3.63) is 41.0 Å². The van der Waals surface area contributed by atoms with Crippen LogP contribution in [0.1, 0.15) is 11.1 Å². The molecule has 0 atom stereocenters. The van der Waals surface area contributed by atoms with Crippen molar-refractivity contribution < 1.29 is 8.78 Å². The summed E-state index contributed by atoms with van der Waals surface area (Å²) in [6.07, 6.45) is 0.997. The molecule has 0 N–H and O–H groups in total. The van der Waals surface area contributed by atoms with Gasteiger partial charge in [-0.05, 0) is 18.6 Å². The van der Waals surface area contributed by atoms with Crippen molar-refractivity contribution in [3.8, 4) is 6.07 Å². The fourth-order valence-electron chi connectivity index (χ4n) is 0.975. The van der Waals surface area contributed by atoms with E-state index in [4.69, 9.17) is 16.9 Å². The molecule has 1 nitrogen and oxygen atoms in total. The molecule has 0 fully saturated rings. The second-order valence-electron chi connectivity index (χ2n) is 2.70. The fraction of sp³-hybridized carbons (Fsp3) is 0.100. The molecule has 4 heteroatoms. The smallest absolute Gasteiger partial charge is 0.134 e. The molecular formula is C10H6ClF2N. The maximum atomic E-state index is 13.1. The Morgan fingerprint density at radius 2 is 2.07 bits per heavy atom. The van der Waals surface area contributed by atoms with Crippen molar-refractivity contribution in [2.45, 2.75) is 6.92 Å². The standard InChI is InChI=1S/C10H6ClF2N/c1-6-4-7(8(11)2-3-14)10(13)5-9(6)12/h2,4-5H,1H3/b8-2-. The van der Waals surface area contributed by atoms with E-state index in [-0.39, 0.29) is 16.2 Å². The third-order valence-corrected chi connectivity index (χ3v) is 2.01. The first-order valence-electron chi connectivity index (χ1n) is 3.77. The van der Waals surface area contributed by atoms with E-state index >= 15 is 0 Å². The minimum absolute atomic E-state index is 0.0342. The van der Waals surface area contributed by atoms with Crippen LogP contribution in [0.4, 0.5) is 8.78 Å². The van der Waals surface area contributed by atoms with Gasteiger partial charge in [-0.15, -0.1) is 0 Å². The van der Waals surface area contributed by atoms with E-state index in [2.05, 4.69) is 0 Å². The van der Waals surface area contributed by atoms with Gasteiger partial charge in [0, 0.05) is 17.7 Å². The van der Waals surface area contributed by atoms with Crippen molar-refractivity contribution in [1.82, 2.24) is 0 Å². The minimum Gasteiger partial charge on any atom is -0.207 e. The SMILES string of the molecule is Cc1cc(/C(Cl)=C/C#N)c(F)cc1F. The van der Waals surface area contributed by atoms with E-state index < -0.39 is 11.6 Å². The van der Waals surface area contributed by atoms with Crippen LogP contribution in [0.2, 0.25) is 0 Å². The summed E-state index contributed by atoms with van der Waals surface area (Å²) in [5.74, 6) is -1.41. The zero-order valence-corrected chi connectivity index (χ0v) is 8.07. The highest BCUT2D eigenvalue weighted by Crippen LogP contribution is 2.24. The van der Waals surface area contributed by atoms with Gasteiger partial charge < -0.3 is 0 Å². The van der Waals surface area contributed by atoms with Crippen LogP contribution in [0.5, 0.6) is 0 Å². The molecule has 14 heavy (non-hydrogen) atoms. The molecule has 72 valence electrons. The van der Waals surface area contributed by atoms with E-state index in [0.29, 0.717) is 0 Å². The fourth-order valence-corrected chi connectivity index (χ4v) is 1.17. The predicted molar refractivity (Wildman–Crippen MR) is 50.5 cm³/mol. The van der Waals surface area contributed by atoms with Gasteiger partial charge in [0.1, 0.15) is 11.6 Å². The molecule has 1 aromatic carbocycles. The van der Waals surface area contributed by atoms with Crippen LogP contribution >= 0.6 is 11.6 Å². The Bertz CT molecular complexity index is 432. The van der Waals surface area contributed by atoms with E-state index in [1.807, 2.05) is 0 Å². The zero-order valence-electron chi connectivity index (χ0n) is 7.31. The molecule has 0 aliphatic carbocycles. The number of aryl methyl sites for hydroxylation is 1. The normalized spacial score (nSPS) is 11.2. The number of hydrogen-bond acceptors (Lipinski definition) is 1. The third-order valence-electron chi connectivity index (χ3n) is 1.70. The van der Waals surface area contributed by atoms with Crippen LogP contribution in [-0.2, 0) is 0 Å². The van der Waals surface area contributed by atoms with Crippen molar-refractivity contribution >= 4 is 16.6 Å². The number of rotatable bonds is 1. The van der Waals surface area contributed by atoms with E-state index in [9.17, 15) is 8.78 Å². The Kier molecular flexibility index (Phi) is 3.21. The quantitative estimate of drug-likeness (QED) is 0.656. The molecule has 1 rings (SSSR count). The molecule has 0 amide bonds. The summed E-state index contributed by atoms with van der Waals surface area (Å²) < 4.78 is 26.0. The highest BCUT2D eigenvalue weighted by atomic mass is 35.5. The van der Waals surface area contributed by atoms with Crippen LogP contribution in [0, 0.1) is 29.9 Å². The molecule has 0 aliphatic heterocycles. The van der Waals surface area contributed by atoms with Gasteiger partial charge in [0.2, 0.25) is 0 Å². The van der Waals surface area contributed by atoms with Crippen molar-refractivity contribution in [2.75, 3.05) is 0 Å². The molecular weight excluding hydrogens is 208 g/mol. The Labute approximate surface area is 85.2 Å². The van der Waals surface area contributed by atoms with Crippen LogP contribution in [0.15, 0.2) is 18.2 Å². The maximum Gasteiger partial charge on any atom is 0.134 e. The van der Waals surface area contributed by atoms with E-state index in [1.165, 1.54) is 13.0 Å². The predicted octanol–water partition coefficient (Wildman–Crippen LogP) is 3.38. The summed E-state index contributed by atoms with van der Waals surface area (Å²) in [7, 11) is 0. The molecule has 0 unspecified atom stereocenters. The number of benzene rings is 1. The highest BCUT2D eigenvalue weighted by Gasteiger charge is 2.09.